The summed E-state index contributed by atoms with van der Waals surface area (Å²) in [5.74, 6) is 0.660. The number of piperidine rings is 1. The average Bonchev–Trinajstić information content (AvgIpc) is 3.19. The van der Waals surface area contributed by atoms with Crippen LogP contribution < -0.4 is 5.32 Å². The largest absolute Gasteiger partial charge is 0.441 e. The van der Waals surface area contributed by atoms with Gasteiger partial charge in [0.25, 0.3) is 5.91 Å². The molecule has 1 amide bonds. The van der Waals surface area contributed by atoms with Crippen molar-refractivity contribution in [3.8, 4) is 0 Å². The number of amides is 1. The maximum absolute atomic E-state index is 12.5. The molecule has 2 aromatic carbocycles. The SMILES string of the molecule is CC1CCCCN1CCCNC(=O)c1ccc2nc(CCc3ccccc3)oc2c1. The van der Waals surface area contributed by atoms with Crippen LogP contribution >= 0.6 is 0 Å². The molecule has 5 nitrogen and oxygen atoms in total. The molecule has 158 valence electrons. The van der Waals surface area contributed by atoms with Gasteiger partial charge in [0.1, 0.15) is 5.52 Å². The number of likely N-dealkylation sites (tertiary alicyclic amines) is 1. The molecule has 1 fully saturated rings. The molecular weight excluding hydrogens is 374 g/mol. The summed E-state index contributed by atoms with van der Waals surface area (Å²) in [5, 5.41) is 3.04. The lowest BCUT2D eigenvalue weighted by atomic mass is 10.0. The number of hydrogen-bond acceptors (Lipinski definition) is 4. The van der Waals surface area contributed by atoms with Gasteiger partial charge in [0, 0.05) is 31.1 Å². The van der Waals surface area contributed by atoms with E-state index in [-0.39, 0.29) is 5.91 Å². The number of benzene rings is 2. The molecule has 0 saturated carbocycles. The highest BCUT2D eigenvalue weighted by Gasteiger charge is 2.17. The fourth-order valence-corrected chi connectivity index (χ4v) is 4.19. The summed E-state index contributed by atoms with van der Waals surface area (Å²) in [6.07, 6.45) is 6.53. The molecule has 1 saturated heterocycles. The average molecular weight is 406 g/mol. The zero-order valence-corrected chi connectivity index (χ0v) is 17.8. The lowest BCUT2D eigenvalue weighted by Crippen LogP contribution is -2.39. The summed E-state index contributed by atoms with van der Waals surface area (Å²) >= 11 is 0. The first-order valence-corrected chi connectivity index (χ1v) is 11.1. The Bertz CT molecular complexity index is 967. The molecule has 30 heavy (non-hydrogen) atoms. The lowest BCUT2D eigenvalue weighted by molar-refractivity contribution is 0.0949. The van der Waals surface area contributed by atoms with Crippen LogP contribution in [0.1, 0.15) is 54.4 Å². The van der Waals surface area contributed by atoms with Gasteiger partial charge in [-0.2, -0.15) is 0 Å². The van der Waals surface area contributed by atoms with Crippen molar-refractivity contribution in [2.45, 2.75) is 51.5 Å². The van der Waals surface area contributed by atoms with Crippen molar-refractivity contribution in [3.63, 3.8) is 0 Å². The molecule has 3 aromatic rings. The Kier molecular flexibility index (Phi) is 6.80. The van der Waals surface area contributed by atoms with E-state index in [0.29, 0.717) is 29.6 Å². The topological polar surface area (TPSA) is 58.4 Å². The number of nitrogens with one attached hydrogen (secondary N) is 1. The lowest BCUT2D eigenvalue weighted by Gasteiger charge is -2.33. The molecule has 1 atom stereocenters. The number of fused-ring (bicyclic) bond motifs is 1. The van der Waals surface area contributed by atoms with Crippen LogP contribution in [0.4, 0.5) is 0 Å². The number of aryl methyl sites for hydroxylation is 2. The second-order valence-corrected chi connectivity index (χ2v) is 8.27. The number of nitrogens with zero attached hydrogens (tertiary/aromatic N) is 2. The van der Waals surface area contributed by atoms with Gasteiger partial charge in [-0.15, -0.1) is 0 Å². The molecule has 1 N–H and O–H groups in total. The number of rotatable bonds is 8. The number of carbonyl (C=O) groups is 1. The first-order valence-electron chi connectivity index (χ1n) is 11.1. The van der Waals surface area contributed by atoms with E-state index in [1.807, 2.05) is 30.3 Å². The maximum atomic E-state index is 12.5. The van der Waals surface area contributed by atoms with Crippen molar-refractivity contribution < 1.29 is 9.21 Å². The van der Waals surface area contributed by atoms with Crippen molar-refractivity contribution in [1.82, 2.24) is 15.2 Å². The highest BCUT2D eigenvalue weighted by atomic mass is 16.3. The molecule has 0 spiro atoms. The summed E-state index contributed by atoms with van der Waals surface area (Å²) in [5.41, 5.74) is 3.36. The summed E-state index contributed by atoms with van der Waals surface area (Å²) in [4.78, 5) is 19.6. The van der Waals surface area contributed by atoms with Crippen LogP contribution in [-0.2, 0) is 12.8 Å². The van der Waals surface area contributed by atoms with E-state index >= 15 is 0 Å². The summed E-state index contributed by atoms with van der Waals surface area (Å²) < 4.78 is 5.90. The summed E-state index contributed by atoms with van der Waals surface area (Å²) in [6, 6.07) is 16.5. The molecular formula is C25H31N3O2. The van der Waals surface area contributed by atoms with E-state index in [0.717, 1.165) is 31.3 Å². The van der Waals surface area contributed by atoms with Gasteiger partial charge in [0.2, 0.25) is 0 Å². The minimum absolute atomic E-state index is 0.0502. The second kappa shape index (κ2) is 9.90. The van der Waals surface area contributed by atoms with Gasteiger partial charge < -0.3 is 14.6 Å². The Labute approximate surface area is 178 Å². The molecule has 0 bridgehead atoms. The van der Waals surface area contributed by atoms with Crippen LogP contribution in [0.15, 0.2) is 52.9 Å². The van der Waals surface area contributed by atoms with Crippen molar-refractivity contribution in [3.05, 3.63) is 65.5 Å². The van der Waals surface area contributed by atoms with Gasteiger partial charge in [-0.3, -0.25) is 4.79 Å². The predicted octanol–water partition coefficient (Wildman–Crippen LogP) is 4.61. The van der Waals surface area contributed by atoms with Gasteiger partial charge >= 0.3 is 0 Å². The number of aromatic nitrogens is 1. The van der Waals surface area contributed by atoms with Crippen molar-refractivity contribution in [1.29, 1.82) is 0 Å². The van der Waals surface area contributed by atoms with Crippen molar-refractivity contribution in [2.24, 2.45) is 0 Å². The van der Waals surface area contributed by atoms with E-state index in [1.165, 1.54) is 31.4 Å². The maximum Gasteiger partial charge on any atom is 0.251 e. The minimum Gasteiger partial charge on any atom is -0.441 e. The van der Waals surface area contributed by atoms with Crippen molar-refractivity contribution >= 4 is 17.0 Å². The van der Waals surface area contributed by atoms with Crippen LogP contribution in [0.25, 0.3) is 11.1 Å². The number of oxazole rings is 1. The molecule has 0 radical (unpaired) electrons. The van der Waals surface area contributed by atoms with Gasteiger partial charge in [-0.05, 0) is 62.9 Å². The van der Waals surface area contributed by atoms with Crippen LogP contribution in [0.3, 0.4) is 0 Å². The molecule has 1 unspecified atom stereocenters. The van der Waals surface area contributed by atoms with E-state index < -0.39 is 0 Å². The van der Waals surface area contributed by atoms with E-state index in [1.54, 1.807) is 6.07 Å². The summed E-state index contributed by atoms with van der Waals surface area (Å²) in [6.45, 7) is 5.23. The highest BCUT2D eigenvalue weighted by molar-refractivity contribution is 5.96. The Morgan fingerprint density at radius 1 is 1.17 bits per heavy atom. The van der Waals surface area contributed by atoms with Crippen LogP contribution in [0.2, 0.25) is 0 Å². The number of carbonyl (C=O) groups excluding carboxylic acids is 1. The van der Waals surface area contributed by atoms with Crippen LogP contribution in [-0.4, -0.2) is 41.5 Å². The standard InChI is InChI=1S/C25H31N3O2/c1-19-8-5-6-16-28(19)17-7-15-26-25(29)21-12-13-22-23(18-21)30-24(27-22)14-11-20-9-3-2-4-10-20/h2-4,9-10,12-13,18-19H,5-8,11,14-17H2,1H3,(H,26,29). The molecule has 1 aliphatic rings. The molecule has 5 heteroatoms. The molecule has 2 heterocycles. The molecule has 1 aromatic heterocycles. The van der Waals surface area contributed by atoms with Gasteiger partial charge in [-0.25, -0.2) is 4.98 Å². The van der Waals surface area contributed by atoms with E-state index in [4.69, 9.17) is 4.42 Å². The predicted molar refractivity (Wildman–Crippen MR) is 120 cm³/mol. The fraction of sp³-hybridized carbons (Fsp3) is 0.440. The third kappa shape index (κ3) is 5.28. The van der Waals surface area contributed by atoms with Gasteiger partial charge in [-0.1, -0.05) is 36.8 Å². The minimum atomic E-state index is -0.0502. The summed E-state index contributed by atoms with van der Waals surface area (Å²) in [7, 11) is 0. The molecule has 1 aliphatic heterocycles. The Morgan fingerprint density at radius 2 is 2.03 bits per heavy atom. The first-order chi connectivity index (χ1) is 14.7. The van der Waals surface area contributed by atoms with Crippen LogP contribution in [0.5, 0.6) is 0 Å². The number of hydrogen-bond donors (Lipinski definition) is 1. The normalized spacial score (nSPS) is 17.3. The Morgan fingerprint density at radius 3 is 2.87 bits per heavy atom. The van der Waals surface area contributed by atoms with E-state index in [2.05, 4.69) is 34.3 Å². The van der Waals surface area contributed by atoms with Gasteiger partial charge in [0.15, 0.2) is 11.5 Å². The first kappa shape index (κ1) is 20.6. The fourth-order valence-electron chi connectivity index (χ4n) is 4.19. The monoisotopic (exact) mass is 405 g/mol. The zero-order chi connectivity index (χ0) is 20.8. The Balaban J connectivity index is 1.28. The smallest absolute Gasteiger partial charge is 0.251 e. The van der Waals surface area contributed by atoms with Crippen LogP contribution in [0, 0.1) is 0 Å². The quantitative estimate of drug-likeness (QED) is 0.556. The Hall–Kier alpha value is -2.66. The highest BCUT2D eigenvalue weighted by Crippen LogP contribution is 2.19. The second-order valence-electron chi connectivity index (χ2n) is 8.27. The molecule has 4 rings (SSSR count). The third-order valence-electron chi connectivity index (χ3n) is 6.01. The zero-order valence-electron chi connectivity index (χ0n) is 17.8. The van der Waals surface area contributed by atoms with Crippen molar-refractivity contribution in [2.75, 3.05) is 19.6 Å². The van der Waals surface area contributed by atoms with Gasteiger partial charge in [0.05, 0.1) is 0 Å². The van der Waals surface area contributed by atoms with E-state index in [9.17, 15) is 4.79 Å². The molecule has 0 aliphatic carbocycles. The third-order valence-corrected chi connectivity index (χ3v) is 6.01.